The molecule has 0 fully saturated rings. The zero-order valence-electron chi connectivity index (χ0n) is 12.9. The predicted molar refractivity (Wildman–Crippen MR) is 84.2 cm³/mol. The van der Waals surface area contributed by atoms with Crippen LogP contribution in [0, 0.1) is 5.82 Å². The Labute approximate surface area is 130 Å². The van der Waals surface area contributed by atoms with E-state index >= 15 is 0 Å². The summed E-state index contributed by atoms with van der Waals surface area (Å²) in [7, 11) is 1.59. The van der Waals surface area contributed by atoms with Crippen molar-refractivity contribution in [3.8, 4) is 5.75 Å². The Balaban J connectivity index is 2.09. The number of rotatable bonds is 6. The van der Waals surface area contributed by atoms with Gasteiger partial charge in [0.05, 0.1) is 13.5 Å². The first kappa shape index (κ1) is 16.0. The van der Waals surface area contributed by atoms with Crippen LogP contribution in [-0.4, -0.2) is 24.5 Å². The second-order valence-electron chi connectivity index (χ2n) is 5.03. The fourth-order valence-electron chi connectivity index (χ4n) is 2.36. The van der Waals surface area contributed by atoms with E-state index in [1.54, 1.807) is 18.1 Å². The standard InChI is InChI=1S/C18H20FNO2/c1-3-20(13-14-7-6-9-16(19)11-14)18(21)12-15-8-4-5-10-17(15)22-2/h4-11H,3,12-13H2,1-2H3. The van der Waals surface area contributed by atoms with Crippen LogP contribution in [0.4, 0.5) is 4.39 Å². The molecule has 0 aliphatic rings. The third-order valence-corrected chi connectivity index (χ3v) is 3.53. The number of methoxy groups -OCH3 is 1. The SMILES string of the molecule is CCN(Cc1cccc(F)c1)C(=O)Cc1ccccc1OC. The number of carbonyl (C=O) groups is 1. The topological polar surface area (TPSA) is 29.5 Å². The molecular formula is C18H20FNO2. The van der Waals surface area contributed by atoms with E-state index in [1.165, 1.54) is 12.1 Å². The van der Waals surface area contributed by atoms with E-state index in [0.29, 0.717) is 18.8 Å². The van der Waals surface area contributed by atoms with Gasteiger partial charge in [-0.2, -0.15) is 0 Å². The first-order valence-corrected chi connectivity index (χ1v) is 7.28. The van der Waals surface area contributed by atoms with Gasteiger partial charge in [-0.25, -0.2) is 4.39 Å². The monoisotopic (exact) mass is 301 g/mol. The third kappa shape index (κ3) is 4.07. The molecule has 0 saturated carbocycles. The Morgan fingerprint density at radius 3 is 2.64 bits per heavy atom. The maximum absolute atomic E-state index is 13.2. The van der Waals surface area contributed by atoms with Crippen LogP contribution in [0.5, 0.6) is 5.75 Å². The normalized spacial score (nSPS) is 10.3. The number of para-hydroxylation sites is 1. The highest BCUT2D eigenvalue weighted by Crippen LogP contribution is 2.19. The fourth-order valence-corrected chi connectivity index (χ4v) is 2.36. The quantitative estimate of drug-likeness (QED) is 0.818. The molecule has 3 nitrogen and oxygen atoms in total. The van der Waals surface area contributed by atoms with E-state index in [2.05, 4.69) is 0 Å². The van der Waals surface area contributed by atoms with Crippen molar-refractivity contribution in [2.75, 3.05) is 13.7 Å². The molecule has 22 heavy (non-hydrogen) atoms. The number of likely N-dealkylation sites (N-methyl/N-ethyl adjacent to an activating group) is 1. The Bertz CT molecular complexity index is 642. The van der Waals surface area contributed by atoms with Crippen LogP contribution in [0.25, 0.3) is 0 Å². The summed E-state index contributed by atoms with van der Waals surface area (Å²) >= 11 is 0. The van der Waals surface area contributed by atoms with Crippen molar-refractivity contribution < 1.29 is 13.9 Å². The molecule has 0 aliphatic carbocycles. The number of nitrogens with zero attached hydrogens (tertiary/aromatic N) is 1. The maximum Gasteiger partial charge on any atom is 0.227 e. The Morgan fingerprint density at radius 2 is 1.95 bits per heavy atom. The van der Waals surface area contributed by atoms with Gasteiger partial charge >= 0.3 is 0 Å². The zero-order valence-corrected chi connectivity index (χ0v) is 12.9. The Morgan fingerprint density at radius 1 is 1.18 bits per heavy atom. The minimum Gasteiger partial charge on any atom is -0.496 e. The Kier molecular flexibility index (Phi) is 5.53. The molecule has 0 atom stereocenters. The summed E-state index contributed by atoms with van der Waals surface area (Å²) in [5.74, 6) is 0.416. The van der Waals surface area contributed by atoms with Crippen molar-refractivity contribution >= 4 is 5.91 Å². The van der Waals surface area contributed by atoms with E-state index in [1.807, 2.05) is 37.3 Å². The van der Waals surface area contributed by atoms with Crippen LogP contribution >= 0.6 is 0 Å². The first-order chi connectivity index (χ1) is 10.6. The van der Waals surface area contributed by atoms with E-state index < -0.39 is 0 Å². The molecule has 1 amide bonds. The smallest absolute Gasteiger partial charge is 0.227 e. The average molecular weight is 301 g/mol. The molecule has 0 unspecified atom stereocenters. The molecule has 2 aromatic rings. The molecule has 0 bridgehead atoms. The number of hydrogen-bond donors (Lipinski definition) is 0. The molecule has 0 aromatic heterocycles. The molecule has 2 aromatic carbocycles. The van der Waals surface area contributed by atoms with Gasteiger partial charge in [0.2, 0.25) is 5.91 Å². The van der Waals surface area contributed by atoms with Crippen LogP contribution in [0.15, 0.2) is 48.5 Å². The van der Waals surface area contributed by atoms with E-state index in [-0.39, 0.29) is 18.1 Å². The molecule has 0 N–H and O–H groups in total. The van der Waals surface area contributed by atoms with E-state index in [9.17, 15) is 9.18 Å². The highest BCUT2D eigenvalue weighted by atomic mass is 19.1. The highest BCUT2D eigenvalue weighted by molar-refractivity contribution is 5.79. The minimum atomic E-state index is -0.286. The van der Waals surface area contributed by atoms with Crippen molar-refractivity contribution in [3.05, 3.63) is 65.5 Å². The lowest BCUT2D eigenvalue weighted by Crippen LogP contribution is -2.31. The van der Waals surface area contributed by atoms with Crippen molar-refractivity contribution in [1.29, 1.82) is 0 Å². The second-order valence-corrected chi connectivity index (χ2v) is 5.03. The van der Waals surface area contributed by atoms with Gasteiger partial charge in [-0.3, -0.25) is 4.79 Å². The minimum absolute atomic E-state index is 0.00346. The van der Waals surface area contributed by atoms with Crippen LogP contribution in [-0.2, 0) is 17.8 Å². The summed E-state index contributed by atoms with van der Waals surface area (Å²) in [5, 5.41) is 0. The van der Waals surface area contributed by atoms with Gasteiger partial charge in [0.15, 0.2) is 0 Å². The molecule has 0 saturated heterocycles. The molecule has 4 heteroatoms. The largest absolute Gasteiger partial charge is 0.496 e. The number of benzene rings is 2. The number of carbonyl (C=O) groups excluding carboxylic acids is 1. The summed E-state index contributed by atoms with van der Waals surface area (Å²) in [6.07, 6.45) is 0.271. The van der Waals surface area contributed by atoms with Crippen LogP contribution in [0.1, 0.15) is 18.1 Å². The second kappa shape index (κ2) is 7.59. The lowest BCUT2D eigenvalue weighted by Gasteiger charge is -2.21. The maximum atomic E-state index is 13.2. The zero-order chi connectivity index (χ0) is 15.9. The van der Waals surface area contributed by atoms with Crippen molar-refractivity contribution in [2.24, 2.45) is 0 Å². The van der Waals surface area contributed by atoms with Gasteiger partial charge in [0.25, 0.3) is 0 Å². The number of halogens is 1. The lowest BCUT2D eigenvalue weighted by molar-refractivity contribution is -0.130. The molecular weight excluding hydrogens is 281 g/mol. The fraction of sp³-hybridized carbons (Fsp3) is 0.278. The van der Waals surface area contributed by atoms with Crippen LogP contribution < -0.4 is 4.74 Å². The van der Waals surface area contributed by atoms with Gasteiger partial charge in [-0.05, 0) is 30.7 Å². The van der Waals surface area contributed by atoms with Crippen LogP contribution in [0.3, 0.4) is 0 Å². The van der Waals surface area contributed by atoms with Crippen molar-refractivity contribution in [2.45, 2.75) is 19.9 Å². The predicted octanol–water partition coefficient (Wildman–Crippen LogP) is 3.43. The molecule has 0 spiro atoms. The molecule has 0 aliphatic heterocycles. The summed E-state index contributed by atoms with van der Waals surface area (Å²) < 4.78 is 18.5. The summed E-state index contributed by atoms with van der Waals surface area (Å²) in [5.41, 5.74) is 1.64. The van der Waals surface area contributed by atoms with Gasteiger partial charge in [0.1, 0.15) is 11.6 Å². The highest BCUT2D eigenvalue weighted by Gasteiger charge is 2.15. The number of amides is 1. The number of hydrogen-bond acceptors (Lipinski definition) is 2. The molecule has 116 valence electrons. The summed E-state index contributed by atoms with van der Waals surface area (Å²) in [4.78, 5) is 14.2. The molecule has 2 rings (SSSR count). The lowest BCUT2D eigenvalue weighted by atomic mass is 10.1. The average Bonchev–Trinajstić information content (AvgIpc) is 2.53. The molecule has 0 radical (unpaired) electrons. The third-order valence-electron chi connectivity index (χ3n) is 3.53. The van der Waals surface area contributed by atoms with Gasteiger partial charge in [-0.1, -0.05) is 30.3 Å². The van der Waals surface area contributed by atoms with Crippen LogP contribution in [0.2, 0.25) is 0 Å². The van der Waals surface area contributed by atoms with E-state index in [0.717, 1.165) is 11.1 Å². The molecule has 0 heterocycles. The summed E-state index contributed by atoms with van der Waals surface area (Å²) in [6.45, 7) is 2.90. The summed E-state index contributed by atoms with van der Waals surface area (Å²) in [6, 6.07) is 13.8. The first-order valence-electron chi connectivity index (χ1n) is 7.28. The van der Waals surface area contributed by atoms with Gasteiger partial charge in [-0.15, -0.1) is 0 Å². The van der Waals surface area contributed by atoms with Gasteiger partial charge < -0.3 is 9.64 Å². The number of ether oxygens (including phenoxy) is 1. The van der Waals surface area contributed by atoms with E-state index in [4.69, 9.17) is 4.74 Å². The Hall–Kier alpha value is -2.36. The van der Waals surface area contributed by atoms with Crippen molar-refractivity contribution in [3.63, 3.8) is 0 Å². The van der Waals surface area contributed by atoms with Crippen molar-refractivity contribution in [1.82, 2.24) is 4.90 Å². The van der Waals surface area contributed by atoms with Gasteiger partial charge in [0, 0.05) is 18.7 Å².